The molecule has 2 aromatic carbocycles. The number of hydrogen-bond donors (Lipinski definition) is 1. The van der Waals surface area contributed by atoms with Gasteiger partial charge in [0.1, 0.15) is 0 Å². The summed E-state index contributed by atoms with van der Waals surface area (Å²) < 4.78 is 10.4. The average Bonchev–Trinajstić information content (AvgIpc) is 2.66. The van der Waals surface area contributed by atoms with Crippen molar-refractivity contribution in [3.63, 3.8) is 0 Å². The first-order valence-electron chi connectivity index (χ1n) is 8.25. The minimum Gasteiger partial charge on any atom is -0.493 e. The zero-order valence-electron chi connectivity index (χ0n) is 15.1. The quantitative estimate of drug-likeness (QED) is 0.616. The van der Waals surface area contributed by atoms with Crippen LogP contribution in [0.1, 0.15) is 41.8 Å². The van der Waals surface area contributed by atoms with Crippen molar-refractivity contribution in [2.45, 2.75) is 26.7 Å². The van der Waals surface area contributed by atoms with Gasteiger partial charge in [-0.05, 0) is 42.7 Å². The first kappa shape index (κ1) is 18.5. The number of aryl methyl sites for hydroxylation is 1. The molecule has 1 N–H and O–H groups in total. The van der Waals surface area contributed by atoms with E-state index in [0.29, 0.717) is 17.1 Å². The highest BCUT2D eigenvalue weighted by molar-refractivity contribution is 6.01. The Labute approximate surface area is 148 Å². The largest absolute Gasteiger partial charge is 0.493 e. The van der Waals surface area contributed by atoms with Crippen LogP contribution in [0, 0.1) is 0 Å². The summed E-state index contributed by atoms with van der Waals surface area (Å²) in [6, 6.07) is 13.2. The van der Waals surface area contributed by atoms with E-state index in [1.165, 1.54) is 12.7 Å². The van der Waals surface area contributed by atoms with E-state index in [-0.39, 0.29) is 5.91 Å². The van der Waals surface area contributed by atoms with E-state index in [1.54, 1.807) is 25.3 Å². The van der Waals surface area contributed by atoms with Gasteiger partial charge < -0.3 is 9.47 Å². The van der Waals surface area contributed by atoms with E-state index in [9.17, 15) is 4.79 Å². The van der Waals surface area contributed by atoms with Gasteiger partial charge in [-0.2, -0.15) is 5.10 Å². The first-order valence-corrected chi connectivity index (χ1v) is 8.25. The van der Waals surface area contributed by atoms with Crippen LogP contribution in [0.25, 0.3) is 0 Å². The lowest BCUT2D eigenvalue weighted by molar-refractivity contribution is 0.0954. The number of ether oxygens (including phenoxy) is 2. The maximum Gasteiger partial charge on any atom is 0.271 e. The van der Waals surface area contributed by atoms with E-state index in [0.717, 1.165) is 24.1 Å². The Balaban J connectivity index is 2.08. The number of amides is 1. The van der Waals surface area contributed by atoms with E-state index in [2.05, 4.69) is 29.6 Å². The lowest BCUT2D eigenvalue weighted by atomic mass is 10.1. The van der Waals surface area contributed by atoms with Crippen molar-refractivity contribution in [3.05, 3.63) is 59.2 Å². The molecule has 2 rings (SSSR count). The third kappa shape index (κ3) is 4.83. The van der Waals surface area contributed by atoms with E-state index in [1.807, 2.05) is 19.1 Å². The number of nitrogens with zero attached hydrogens (tertiary/aromatic N) is 1. The van der Waals surface area contributed by atoms with Crippen LogP contribution < -0.4 is 14.9 Å². The van der Waals surface area contributed by atoms with Crippen molar-refractivity contribution < 1.29 is 14.3 Å². The van der Waals surface area contributed by atoms with Gasteiger partial charge >= 0.3 is 0 Å². The lowest BCUT2D eigenvalue weighted by Gasteiger charge is -2.09. The molecule has 0 spiro atoms. The molecular formula is C20H24N2O3. The fraction of sp³-hybridized carbons (Fsp3) is 0.300. The Morgan fingerprint density at radius 2 is 1.64 bits per heavy atom. The maximum absolute atomic E-state index is 12.3. The molecule has 0 radical (unpaired) electrons. The summed E-state index contributed by atoms with van der Waals surface area (Å²) in [4.78, 5) is 12.3. The van der Waals surface area contributed by atoms with Gasteiger partial charge in [0.05, 0.1) is 19.9 Å². The molecular weight excluding hydrogens is 316 g/mol. The fourth-order valence-electron chi connectivity index (χ4n) is 2.44. The number of benzene rings is 2. The third-order valence-corrected chi connectivity index (χ3v) is 3.88. The molecule has 0 unspecified atom stereocenters. The summed E-state index contributed by atoms with van der Waals surface area (Å²) in [5, 5.41) is 4.19. The second-order valence-electron chi connectivity index (χ2n) is 5.65. The molecule has 0 aromatic heterocycles. The first-order chi connectivity index (χ1) is 12.1. The van der Waals surface area contributed by atoms with Crippen molar-refractivity contribution in [2.24, 2.45) is 5.10 Å². The summed E-state index contributed by atoms with van der Waals surface area (Å²) in [7, 11) is 3.08. The van der Waals surface area contributed by atoms with Gasteiger partial charge in [0.2, 0.25) is 0 Å². The zero-order valence-corrected chi connectivity index (χ0v) is 15.1. The van der Waals surface area contributed by atoms with Crippen molar-refractivity contribution in [1.82, 2.24) is 5.43 Å². The highest BCUT2D eigenvalue weighted by Gasteiger charge is 2.10. The maximum atomic E-state index is 12.3. The Morgan fingerprint density at radius 1 is 1.00 bits per heavy atom. The fourth-order valence-corrected chi connectivity index (χ4v) is 2.44. The van der Waals surface area contributed by atoms with Crippen LogP contribution in [0.5, 0.6) is 11.5 Å². The number of methoxy groups -OCH3 is 2. The molecule has 0 aliphatic rings. The van der Waals surface area contributed by atoms with Crippen molar-refractivity contribution in [1.29, 1.82) is 0 Å². The number of carbonyl (C=O) groups is 1. The van der Waals surface area contributed by atoms with Crippen LogP contribution in [0.4, 0.5) is 0 Å². The van der Waals surface area contributed by atoms with Crippen LogP contribution in [-0.2, 0) is 6.42 Å². The average molecular weight is 340 g/mol. The molecule has 132 valence electrons. The molecule has 0 heterocycles. The van der Waals surface area contributed by atoms with Crippen molar-refractivity contribution >= 4 is 11.6 Å². The second-order valence-corrected chi connectivity index (χ2v) is 5.65. The summed E-state index contributed by atoms with van der Waals surface area (Å²) >= 11 is 0. The summed E-state index contributed by atoms with van der Waals surface area (Å²) in [6.45, 7) is 4.02. The molecule has 0 bridgehead atoms. The number of hydrogen-bond acceptors (Lipinski definition) is 4. The van der Waals surface area contributed by atoms with E-state index in [4.69, 9.17) is 9.47 Å². The summed E-state index contributed by atoms with van der Waals surface area (Å²) in [6.07, 6.45) is 2.18. The number of carbonyl (C=O) groups excluding carboxylic acids is 1. The molecule has 0 saturated heterocycles. The Kier molecular flexibility index (Phi) is 6.57. The summed E-state index contributed by atoms with van der Waals surface area (Å²) in [5.74, 6) is 0.774. The molecule has 2 aromatic rings. The molecule has 0 fully saturated rings. The van der Waals surface area contributed by atoms with Crippen molar-refractivity contribution in [2.75, 3.05) is 14.2 Å². The molecule has 1 amide bonds. The smallest absolute Gasteiger partial charge is 0.271 e. The molecule has 0 aliphatic heterocycles. The Hall–Kier alpha value is -2.82. The van der Waals surface area contributed by atoms with Crippen LogP contribution in [0.15, 0.2) is 47.6 Å². The van der Waals surface area contributed by atoms with Gasteiger partial charge in [0, 0.05) is 5.56 Å². The van der Waals surface area contributed by atoms with Gasteiger partial charge in [-0.25, -0.2) is 5.43 Å². The van der Waals surface area contributed by atoms with Gasteiger partial charge in [0.25, 0.3) is 5.91 Å². The van der Waals surface area contributed by atoms with Crippen LogP contribution in [0.3, 0.4) is 0 Å². The monoisotopic (exact) mass is 340 g/mol. The highest BCUT2D eigenvalue weighted by Crippen LogP contribution is 2.27. The van der Waals surface area contributed by atoms with Crippen LogP contribution in [0.2, 0.25) is 0 Å². The van der Waals surface area contributed by atoms with E-state index < -0.39 is 0 Å². The third-order valence-electron chi connectivity index (χ3n) is 3.88. The molecule has 0 aliphatic carbocycles. The molecule has 5 nitrogen and oxygen atoms in total. The second kappa shape index (κ2) is 8.87. The molecule has 25 heavy (non-hydrogen) atoms. The molecule has 0 saturated carbocycles. The van der Waals surface area contributed by atoms with Gasteiger partial charge in [-0.15, -0.1) is 0 Å². The lowest BCUT2D eigenvalue weighted by Crippen LogP contribution is -2.19. The minimum atomic E-state index is -0.303. The van der Waals surface area contributed by atoms with Gasteiger partial charge in [0.15, 0.2) is 11.5 Å². The topological polar surface area (TPSA) is 59.9 Å². The Bertz CT molecular complexity index is 752. The standard InChI is InChI=1S/C20H24N2O3/c1-5-6-15-7-9-16(10-8-15)14(2)21-22-20(23)17-11-12-18(24-3)19(13-17)25-4/h7-13H,5-6H2,1-4H3,(H,22,23)/b21-14+. The number of hydrazone groups is 1. The number of nitrogens with one attached hydrogen (secondary N) is 1. The highest BCUT2D eigenvalue weighted by atomic mass is 16.5. The van der Waals surface area contributed by atoms with Crippen molar-refractivity contribution in [3.8, 4) is 11.5 Å². The normalized spacial score (nSPS) is 11.1. The summed E-state index contributed by atoms with van der Waals surface area (Å²) in [5.41, 5.74) is 6.06. The van der Waals surface area contributed by atoms with Gasteiger partial charge in [-0.1, -0.05) is 37.6 Å². The van der Waals surface area contributed by atoms with Gasteiger partial charge in [-0.3, -0.25) is 4.79 Å². The predicted molar refractivity (Wildman–Crippen MR) is 99.7 cm³/mol. The Morgan fingerprint density at radius 3 is 2.24 bits per heavy atom. The SMILES string of the molecule is CCCc1ccc(/C(C)=N/NC(=O)c2ccc(OC)c(OC)c2)cc1. The predicted octanol–water partition coefficient (Wildman–Crippen LogP) is 3.81. The molecule has 0 atom stereocenters. The van der Waals surface area contributed by atoms with E-state index >= 15 is 0 Å². The number of rotatable bonds is 7. The minimum absolute atomic E-state index is 0.303. The zero-order chi connectivity index (χ0) is 18.2. The molecule has 5 heteroatoms. The van der Waals surface area contributed by atoms with Crippen LogP contribution in [-0.4, -0.2) is 25.8 Å². The van der Waals surface area contributed by atoms with Crippen LogP contribution >= 0.6 is 0 Å².